The molecule has 0 amide bonds. The van der Waals surface area contributed by atoms with Crippen LogP contribution in [0.4, 0.5) is 0 Å². The largest absolute Gasteiger partial charge is 0.492 e. The highest BCUT2D eigenvalue weighted by molar-refractivity contribution is 5.97. The molecule has 132 valence electrons. The quantitative estimate of drug-likeness (QED) is 0.794. The Labute approximate surface area is 147 Å². The molecule has 1 aliphatic rings. The summed E-state index contributed by atoms with van der Waals surface area (Å²) in [6.45, 7) is 5.34. The smallest absolute Gasteiger partial charge is 0.141 e. The Balaban J connectivity index is 1.62. The summed E-state index contributed by atoms with van der Waals surface area (Å²) in [6.07, 6.45) is 10.0. The van der Waals surface area contributed by atoms with Gasteiger partial charge in [0, 0.05) is 42.2 Å². The third-order valence-corrected chi connectivity index (χ3v) is 5.32. The van der Waals surface area contributed by atoms with Gasteiger partial charge in [-0.2, -0.15) is 5.10 Å². The maximum atomic E-state index is 6.32. The van der Waals surface area contributed by atoms with Crippen LogP contribution in [0.1, 0.15) is 19.8 Å². The molecular formula is C19H25N5O. The second-order valence-corrected chi connectivity index (χ2v) is 7.54. The molecule has 25 heavy (non-hydrogen) atoms. The number of hydrogen-bond donors (Lipinski definition) is 1. The number of aromatic nitrogens is 4. The van der Waals surface area contributed by atoms with Crippen LogP contribution in [0.5, 0.6) is 5.75 Å². The molecule has 0 bridgehead atoms. The van der Waals surface area contributed by atoms with E-state index in [1.165, 1.54) is 12.8 Å². The van der Waals surface area contributed by atoms with Crippen LogP contribution in [-0.4, -0.2) is 51.4 Å². The van der Waals surface area contributed by atoms with Crippen LogP contribution in [0.2, 0.25) is 0 Å². The Morgan fingerprint density at radius 2 is 2.08 bits per heavy atom. The number of fused-ring (bicyclic) bond motifs is 1. The summed E-state index contributed by atoms with van der Waals surface area (Å²) >= 11 is 0. The first-order valence-electron chi connectivity index (χ1n) is 8.81. The van der Waals surface area contributed by atoms with E-state index in [1.807, 2.05) is 36.4 Å². The van der Waals surface area contributed by atoms with Crippen molar-refractivity contribution in [1.29, 1.82) is 0 Å². The van der Waals surface area contributed by atoms with Crippen molar-refractivity contribution >= 4 is 11.0 Å². The maximum Gasteiger partial charge on any atom is 0.141 e. The van der Waals surface area contributed by atoms with Gasteiger partial charge >= 0.3 is 0 Å². The maximum absolute atomic E-state index is 6.32. The third-order valence-electron chi connectivity index (χ3n) is 5.32. The van der Waals surface area contributed by atoms with E-state index in [1.54, 1.807) is 6.20 Å². The van der Waals surface area contributed by atoms with Gasteiger partial charge in [-0.15, -0.1) is 0 Å². The van der Waals surface area contributed by atoms with Crippen LogP contribution in [0.3, 0.4) is 0 Å². The molecule has 0 saturated carbocycles. The Kier molecular flexibility index (Phi) is 4.00. The minimum Gasteiger partial charge on any atom is -0.492 e. The number of rotatable bonds is 4. The number of pyridine rings is 1. The molecule has 0 radical (unpaired) electrons. The highest BCUT2D eigenvalue weighted by Gasteiger charge is 2.30. The minimum atomic E-state index is 0.229. The number of aryl methyl sites for hydroxylation is 1. The van der Waals surface area contributed by atoms with E-state index < -0.39 is 0 Å². The zero-order chi connectivity index (χ0) is 17.4. The minimum absolute atomic E-state index is 0.229. The molecule has 1 fully saturated rings. The average Bonchev–Trinajstić information content (AvgIpc) is 3.22. The van der Waals surface area contributed by atoms with Crippen molar-refractivity contribution in [3.8, 4) is 16.9 Å². The first-order chi connectivity index (χ1) is 12.0. The van der Waals surface area contributed by atoms with Gasteiger partial charge in [-0.1, -0.05) is 6.92 Å². The normalized spacial score (nSPS) is 17.9. The van der Waals surface area contributed by atoms with Gasteiger partial charge in [0.25, 0.3) is 0 Å². The molecule has 0 spiro atoms. The SMILES string of the molecule is CN1CCC(C)(COc2ccnc3[nH]cc(-c4cnn(C)c4)c23)CC1. The second-order valence-electron chi connectivity index (χ2n) is 7.54. The lowest BCUT2D eigenvalue weighted by atomic mass is 9.81. The van der Waals surface area contributed by atoms with Crippen LogP contribution in [0.25, 0.3) is 22.2 Å². The molecular weight excluding hydrogens is 314 g/mol. The molecule has 1 saturated heterocycles. The lowest BCUT2D eigenvalue weighted by Gasteiger charge is -2.37. The van der Waals surface area contributed by atoms with Crippen molar-refractivity contribution in [3.05, 3.63) is 30.9 Å². The molecule has 0 unspecified atom stereocenters. The zero-order valence-corrected chi connectivity index (χ0v) is 15.1. The number of piperidine rings is 1. The number of H-pyrrole nitrogens is 1. The van der Waals surface area contributed by atoms with Crippen LogP contribution < -0.4 is 4.74 Å². The fourth-order valence-corrected chi connectivity index (χ4v) is 3.49. The Bertz CT molecular complexity index is 873. The van der Waals surface area contributed by atoms with Gasteiger partial charge in [0.05, 0.1) is 18.2 Å². The summed E-state index contributed by atoms with van der Waals surface area (Å²) < 4.78 is 8.13. The van der Waals surface area contributed by atoms with E-state index in [9.17, 15) is 0 Å². The molecule has 4 heterocycles. The highest BCUT2D eigenvalue weighted by Crippen LogP contribution is 2.36. The Morgan fingerprint density at radius 3 is 2.80 bits per heavy atom. The number of nitrogens with zero attached hydrogens (tertiary/aromatic N) is 4. The van der Waals surface area contributed by atoms with E-state index in [2.05, 4.69) is 33.9 Å². The number of ether oxygens (including phenoxy) is 1. The standard InChI is InChI=1S/C19H25N5O/c1-19(5-8-23(2)9-6-19)13-25-16-4-7-20-18-17(16)15(11-21-18)14-10-22-24(3)12-14/h4,7,10-12H,5-6,8-9,13H2,1-3H3,(H,20,21). The van der Waals surface area contributed by atoms with Crippen molar-refractivity contribution in [3.63, 3.8) is 0 Å². The van der Waals surface area contributed by atoms with Crippen molar-refractivity contribution in [2.75, 3.05) is 26.7 Å². The molecule has 6 heteroatoms. The summed E-state index contributed by atoms with van der Waals surface area (Å²) in [4.78, 5) is 10.1. The molecule has 3 aromatic rings. The highest BCUT2D eigenvalue weighted by atomic mass is 16.5. The summed E-state index contributed by atoms with van der Waals surface area (Å²) in [7, 11) is 4.11. The fourth-order valence-electron chi connectivity index (χ4n) is 3.49. The van der Waals surface area contributed by atoms with Crippen LogP contribution in [0.15, 0.2) is 30.9 Å². The van der Waals surface area contributed by atoms with Crippen molar-refractivity contribution in [2.45, 2.75) is 19.8 Å². The van der Waals surface area contributed by atoms with Gasteiger partial charge in [0.1, 0.15) is 11.4 Å². The average molecular weight is 339 g/mol. The topological polar surface area (TPSA) is 59.0 Å². The predicted octanol–water partition coefficient (Wildman–Crippen LogP) is 3.07. The van der Waals surface area contributed by atoms with Gasteiger partial charge < -0.3 is 14.6 Å². The third kappa shape index (κ3) is 3.14. The molecule has 4 rings (SSSR count). The van der Waals surface area contributed by atoms with Crippen molar-refractivity contribution < 1.29 is 4.74 Å². The molecule has 1 aliphatic heterocycles. The number of aromatic amines is 1. The van der Waals surface area contributed by atoms with E-state index in [0.29, 0.717) is 0 Å². The Hall–Kier alpha value is -2.34. The second kappa shape index (κ2) is 6.19. The Morgan fingerprint density at radius 1 is 1.28 bits per heavy atom. The molecule has 6 nitrogen and oxygen atoms in total. The summed E-state index contributed by atoms with van der Waals surface area (Å²) in [6, 6.07) is 1.97. The fraction of sp³-hybridized carbons (Fsp3) is 0.474. The number of hydrogen-bond acceptors (Lipinski definition) is 4. The van der Waals surface area contributed by atoms with E-state index >= 15 is 0 Å². The number of likely N-dealkylation sites (tertiary alicyclic amines) is 1. The predicted molar refractivity (Wildman–Crippen MR) is 98.6 cm³/mol. The van der Waals surface area contributed by atoms with Gasteiger partial charge in [0.15, 0.2) is 0 Å². The monoisotopic (exact) mass is 339 g/mol. The van der Waals surface area contributed by atoms with E-state index in [4.69, 9.17) is 4.74 Å². The van der Waals surface area contributed by atoms with Gasteiger partial charge in [0.2, 0.25) is 0 Å². The molecule has 1 N–H and O–H groups in total. The van der Waals surface area contributed by atoms with Crippen molar-refractivity contribution in [2.24, 2.45) is 12.5 Å². The summed E-state index contributed by atoms with van der Waals surface area (Å²) in [5.41, 5.74) is 3.23. The molecule has 0 aliphatic carbocycles. The molecule has 3 aromatic heterocycles. The molecule has 0 aromatic carbocycles. The zero-order valence-electron chi connectivity index (χ0n) is 15.1. The first kappa shape index (κ1) is 16.1. The summed E-state index contributed by atoms with van der Waals surface area (Å²) in [5.74, 6) is 0.894. The first-order valence-corrected chi connectivity index (χ1v) is 8.81. The van der Waals surface area contributed by atoms with Gasteiger partial charge in [-0.3, -0.25) is 4.68 Å². The van der Waals surface area contributed by atoms with Gasteiger partial charge in [-0.05, 0) is 39.0 Å². The van der Waals surface area contributed by atoms with E-state index in [0.717, 1.165) is 47.6 Å². The number of nitrogens with one attached hydrogen (secondary N) is 1. The van der Waals surface area contributed by atoms with Crippen LogP contribution in [0, 0.1) is 5.41 Å². The van der Waals surface area contributed by atoms with Gasteiger partial charge in [-0.25, -0.2) is 4.98 Å². The van der Waals surface area contributed by atoms with Crippen LogP contribution in [-0.2, 0) is 7.05 Å². The molecule has 0 atom stereocenters. The van der Waals surface area contributed by atoms with Crippen molar-refractivity contribution in [1.82, 2.24) is 24.6 Å². The van der Waals surface area contributed by atoms with E-state index in [-0.39, 0.29) is 5.41 Å². The van der Waals surface area contributed by atoms with Crippen LogP contribution >= 0.6 is 0 Å². The lowest BCUT2D eigenvalue weighted by molar-refractivity contribution is 0.0811. The summed E-state index contributed by atoms with van der Waals surface area (Å²) in [5, 5.41) is 5.32. The lowest BCUT2D eigenvalue weighted by Crippen LogP contribution is -2.39.